The van der Waals surface area contributed by atoms with E-state index in [1.54, 1.807) is 0 Å². The van der Waals surface area contributed by atoms with Crippen molar-refractivity contribution < 1.29 is 4.79 Å². The molecular formula is C14H26N2OS. The van der Waals surface area contributed by atoms with E-state index in [0.717, 1.165) is 38.6 Å². The molecule has 0 spiro atoms. The summed E-state index contributed by atoms with van der Waals surface area (Å²) in [6.07, 6.45) is 7.16. The first kappa shape index (κ1) is 15.4. The summed E-state index contributed by atoms with van der Waals surface area (Å²) >= 11 is 5.19. The number of rotatable bonds is 5. The lowest BCUT2D eigenvalue weighted by molar-refractivity contribution is -0.128. The van der Waals surface area contributed by atoms with E-state index in [1.807, 2.05) is 0 Å². The Morgan fingerprint density at radius 3 is 2.33 bits per heavy atom. The minimum absolute atomic E-state index is 0.0530. The molecular weight excluding hydrogens is 244 g/mol. The summed E-state index contributed by atoms with van der Waals surface area (Å²) in [6, 6.07) is 0. The zero-order valence-corrected chi connectivity index (χ0v) is 12.4. The molecule has 0 aliphatic heterocycles. The van der Waals surface area contributed by atoms with Gasteiger partial charge in [0.15, 0.2) is 0 Å². The zero-order valence-electron chi connectivity index (χ0n) is 11.6. The van der Waals surface area contributed by atoms with Crippen molar-refractivity contribution in [3.8, 4) is 0 Å². The highest BCUT2D eigenvalue weighted by molar-refractivity contribution is 7.80. The molecule has 104 valence electrons. The molecule has 1 saturated carbocycles. The first-order valence-electron chi connectivity index (χ1n) is 7.11. The zero-order chi connectivity index (χ0) is 13.6. The van der Waals surface area contributed by atoms with Crippen molar-refractivity contribution >= 4 is 23.1 Å². The fraction of sp³-hybridized carbons (Fsp3) is 0.857. The summed E-state index contributed by atoms with van der Waals surface area (Å²) in [7, 11) is 0. The Kier molecular flexibility index (Phi) is 6.06. The molecule has 1 unspecified atom stereocenters. The summed E-state index contributed by atoms with van der Waals surface area (Å²) in [5.74, 6) is 0.556. The topological polar surface area (TPSA) is 55.1 Å². The van der Waals surface area contributed by atoms with Gasteiger partial charge in [0, 0.05) is 6.54 Å². The Morgan fingerprint density at radius 1 is 1.33 bits per heavy atom. The highest BCUT2D eigenvalue weighted by atomic mass is 32.1. The van der Waals surface area contributed by atoms with Gasteiger partial charge < -0.3 is 11.1 Å². The van der Waals surface area contributed by atoms with E-state index in [9.17, 15) is 4.79 Å². The first-order valence-corrected chi connectivity index (χ1v) is 7.52. The summed E-state index contributed by atoms with van der Waals surface area (Å²) in [4.78, 5) is 12.8. The molecule has 0 aromatic rings. The minimum atomic E-state index is -0.584. The molecule has 3 N–H and O–H groups in total. The van der Waals surface area contributed by atoms with E-state index < -0.39 is 5.41 Å². The molecule has 1 fully saturated rings. The fourth-order valence-corrected chi connectivity index (χ4v) is 2.79. The number of hydrogen-bond donors (Lipinski definition) is 2. The Balaban J connectivity index is 2.70. The Morgan fingerprint density at radius 2 is 1.89 bits per heavy atom. The van der Waals surface area contributed by atoms with E-state index >= 15 is 0 Å². The van der Waals surface area contributed by atoms with Crippen LogP contribution in [0.2, 0.25) is 0 Å². The van der Waals surface area contributed by atoms with Crippen LogP contribution in [0.3, 0.4) is 0 Å². The van der Waals surface area contributed by atoms with Gasteiger partial charge in [-0.2, -0.15) is 0 Å². The molecule has 4 heteroatoms. The standard InChI is InChI=1S/C14H26N2OS/c1-3-11(2)10-16-13(17)14(12(15)18)8-6-4-5-7-9-14/h11H,3-10H2,1-2H3,(H2,15,18)(H,16,17). The van der Waals surface area contributed by atoms with Gasteiger partial charge >= 0.3 is 0 Å². The lowest BCUT2D eigenvalue weighted by Gasteiger charge is -2.30. The van der Waals surface area contributed by atoms with Crippen LogP contribution in [0.4, 0.5) is 0 Å². The largest absolute Gasteiger partial charge is 0.392 e. The van der Waals surface area contributed by atoms with Gasteiger partial charge in [-0.3, -0.25) is 4.79 Å². The van der Waals surface area contributed by atoms with Gasteiger partial charge in [-0.15, -0.1) is 0 Å². The van der Waals surface area contributed by atoms with Crippen LogP contribution in [-0.2, 0) is 4.79 Å². The van der Waals surface area contributed by atoms with Crippen molar-refractivity contribution in [2.75, 3.05) is 6.54 Å². The van der Waals surface area contributed by atoms with E-state index in [1.165, 1.54) is 12.8 Å². The molecule has 1 aliphatic carbocycles. The number of nitrogens with two attached hydrogens (primary N) is 1. The molecule has 1 atom stereocenters. The summed E-state index contributed by atoms with van der Waals surface area (Å²) in [5, 5.41) is 3.05. The van der Waals surface area contributed by atoms with Gasteiger partial charge in [0.2, 0.25) is 5.91 Å². The molecule has 1 rings (SSSR count). The van der Waals surface area contributed by atoms with Crippen LogP contribution in [0.15, 0.2) is 0 Å². The molecule has 0 saturated heterocycles. The van der Waals surface area contributed by atoms with E-state index in [-0.39, 0.29) is 5.91 Å². The predicted octanol–water partition coefficient (Wildman–Crippen LogP) is 2.78. The summed E-state index contributed by atoms with van der Waals surface area (Å²) < 4.78 is 0. The highest BCUT2D eigenvalue weighted by Crippen LogP contribution is 2.35. The Hall–Kier alpha value is -0.640. The normalized spacial score (nSPS) is 20.8. The molecule has 0 aromatic carbocycles. The SMILES string of the molecule is CCC(C)CNC(=O)C1(C(N)=S)CCCCCC1. The molecule has 1 aliphatic rings. The summed E-state index contributed by atoms with van der Waals surface area (Å²) in [5.41, 5.74) is 5.30. The summed E-state index contributed by atoms with van der Waals surface area (Å²) in [6.45, 7) is 4.99. The Labute approximate surface area is 116 Å². The van der Waals surface area contributed by atoms with E-state index in [4.69, 9.17) is 18.0 Å². The average Bonchev–Trinajstić information content (AvgIpc) is 2.61. The highest BCUT2D eigenvalue weighted by Gasteiger charge is 2.41. The molecule has 1 amide bonds. The second-order valence-corrected chi connectivity index (χ2v) is 6.02. The van der Waals surface area contributed by atoms with Crippen LogP contribution >= 0.6 is 12.2 Å². The van der Waals surface area contributed by atoms with Crippen molar-refractivity contribution in [2.24, 2.45) is 17.1 Å². The maximum absolute atomic E-state index is 12.5. The van der Waals surface area contributed by atoms with Gasteiger partial charge in [0.25, 0.3) is 0 Å². The van der Waals surface area contributed by atoms with Crippen LogP contribution in [0.25, 0.3) is 0 Å². The number of amides is 1. The fourth-order valence-electron chi connectivity index (χ4n) is 2.50. The van der Waals surface area contributed by atoms with Crippen LogP contribution in [0, 0.1) is 11.3 Å². The van der Waals surface area contributed by atoms with Gasteiger partial charge in [-0.1, -0.05) is 58.2 Å². The third kappa shape index (κ3) is 3.67. The molecule has 18 heavy (non-hydrogen) atoms. The third-order valence-electron chi connectivity index (χ3n) is 4.17. The smallest absolute Gasteiger partial charge is 0.233 e. The van der Waals surface area contributed by atoms with Gasteiger partial charge in [-0.25, -0.2) is 0 Å². The number of carbonyl (C=O) groups is 1. The number of carbonyl (C=O) groups excluding carboxylic acids is 1. The maximum Gasteiger partial charge on any atom is 0.233 e. The molecule has 0 aromatic heterocycles. The number of thiocarbonyl (C=S) groups is 1. The predicted molar refractivity (Wildman–Crippen MR) is 79.4 cm³/mol. The second-order valence-electron chi connectivity index (χ2n) is 5.58. The first-order chi connectivity index (χ1) is 8.53. The van der Waals surface area contributed by atoms with E-state index in [2.05, 4.69) is 19.2 Å². The van der Waals surface area contributed by atoms with E-state index in [0.29, 0.717) is 10.9 Å². The maximum atomic E-state index is 12.5. The number of nitrogens with one attached hydrogen (secondary N) is 1. The Bertz CT molecular complexity index is 296. The average molecular weight is 270 g/mol. The van der Waals surface area contributed by atoms with Crippen molar-refractivity contribution in [3.63, 3.8) is 0 Å². The van der Waals surface area contributed by atoms with Crippen molar-refractivity contribution in [3.05, 3.63) is 0 Å². The van der Waals surface area contributed by atoms with Crippen LogP contribution < -0.4 is 11.1 Å². The second kappa shape index (κ2) is 7.07. The van der Waals surface area contributed by atoms with Gasteiger partial charge in [-0.05, 0) is 18.8 Å². The van der Waals surface area contributed by atoms with Gasteiger partial charge in [0.05, 0.1) is 10.4 Å². The molecule has 0 bridgehead atoms. The molecule has 3 nitrogen and oxygen atoms in total. The molecule has 0 radical (unpaired) electrons. The lowest BCUT2D eigenvalue weighted by Crippen LogP contribution is -2.49. The van der Waals surface area contributed by atoms with Crippen molar-refractivity contribution in [1.29, 1.82) is 0 Å². The monoisotopic (exact) mass is 270 g/mol. The quantitative estimate of drug-likeness (QED) is 0.596. The van der Waals surface area contributed by atoms with Crippen molar-refractivity contribution in [2.45, 2.75) is 58.8 Å². The van der Waals surface area contributed by atoms with Crippen LogP contribution in [-0.4, -0.2) is 17.4 Å². The van der Waals surface area contributed by atoms with Crippen molar-refractivity contribution in [1.82, 2.24) is 5.32 Å². The third-order valence-corrected chi connectivity index (χ3v) is 4.56. The van der Waals surface area contributed by atoms with Gasteiger partial charge in [0.1, 0.15) is 0 Å². The minimum Gasteiger partial charge on any atom is -0.392 e. The number of hydrogen-bond acceptors (Lipinski definition) is 2. The molecule has 0 heterocycles. The van der Waals surface area contributed by atoms with Crippen LogP contribution in [0.1, 0.15) is 58.8 Å². The lowest BCUT2D eigenvalue weighted by atomic mass is 9.79. The van der Waals surface area contributed by atoms with Crippen LogP contribution in [0.5, 0.6) is 0 Å².